The van der Waals surface area contributed by atoms with Gasteiger partial charge in [-0.3, -0.25) is 14.6 Å². The van der Waals surface area contributed by atoms with Gasteiger partial charge >= 0.3 is 0 Å². The second-order valence-electron chi connectivity index (χ2n) is 4.48. The van der Waals surface area contributed by atoms with Crippen LogP contribution in [0.1, 0.15) is 17.7 Å². The van der Waals surface area contributed by atoms with Gasteiger partial charge in [-0.2, -0.15) is 0 Å². The molecule has 0 spiro atoms. The van der Waals surface area contributed by atoms with E-state index in [1.54, 1.807) is 11.8 Å². The van der Waals surface area contributed by atoms with Gasteiger partial charge in [0.15, 0.2) is 0 Å². The highest BCUT2D eigenvalue weighted by Crippen LogP contribution is 2.06. The molecule has 0 aliphatic carbocycles. The molecule has 0 radical (unpaired) electrons. The van der Waals surface area contributed by atoms with Gasteiger partial charge in [0.1, 0.15) is 5.69 Å². The minimum absolute atomic E-state index is 0.167. The number of hydrogen-bond acceptors (Lipinski definition) is 3. The molecular formula is C14H19N3O2. The number of aryl methyl sites for hydroxylation is 2. The second kappa shape index (κ2) is 6.24. The molecule has 19 heavy (non-hydrogen) atoms. The van der Waals surface area contributed by atoms with Crippen LogP contribution in [0.5, 0.6) is 0 Å². The first-order chi connectivity index (χ1) is 9.22. The number of anilines is 1. The number of nitrogens with two attached hydrogens (primary N) is 1. The van der Waals surface area contributed by atoms with Crippen LogP contribution in [-0.4, -0.2) is 16.9 Å². The summed E-state index contributed by atoms with van der Waals surface area (Å²) in [6, 6.07) is 10.2. The van der Waals surface area contributed by atoms with Crippen LogP contribution >= 0.6 is 0 Å². The van der Waals surface area contributed by atoms with Gasteiger partial charge in [-0.1, -0.05) is 30.3 Å². The van der Waals surface area contributed by atoms with Gasteiger partial charge in [0.05, 0.1) is 12.3 Å². The van der Waals surface area contributed by atoms with Gasteiger partial charge in [-0.05, 0) is 18.4 Å². The zero-order valence-corrected chi connectivity index (χ0v) is 11.1. The maximum absolute atomic E-state index is 11.9. The fraction of sp³-hybridized carbons (Fsp3) is 0.357. The average Bonchev–Trinajstić information content (AvgIpc) is 2.69. The summed E-state index contributed by atoms with van der Waals surface area (Å²) in [5, 5.41) is 2.99. The number of nitrogens with zero attached hydrogens (tertiary/aromatic N) is 1. The van der Waals surface area contributed by atoms with Crippen molar-refractivity contribution in [2.45, 2.75) is 26.0 Å². The lowest BCUT2D eigenvalue weighted by molar-refractivity contribution is 0.181. The molecule has 0 fully saturated rings. The Balaban J connectivity index is 1.96. The Morgan fingerprint density at radius 1 is 1.32 bits per heavy atom. The number of aromatic amines is 1. The van der Waals surface area contributed by atoms with Gasteiger partial charge in [0.25, 0.3) is 5.56 Å². The Kier molecular flexibility index (Phi) is 4.41. The van der Waals surface area contributed by atoms with E-state index in [2.05, 4.69) is 17.2 Å². The number of hydrogen-bond donors (Lipinski definition) is 2. The molecule has 2 rings (SSSR count). The third-order valence-electron chi connectivity index (χ3n) is 3.05. The molecule has 1 aromatic carbocycles. The molecule has 102 valence electrons. The lowest BCUT2D eigenvalue weighted by Gasteiger charge is -2.02. The lowest BCUT2D eigenvalue weighted by Crippen LogP contribution is -2.18. The topological polar surface area (TPSA) is 73.0 Å². The maximum Gasteiger partial charge on any atom is 0.290 e. The molecule has 0 aliphatic rings. The lowest BCUT2D eigenvalue weighted by atomic mass is 10.1. The number of nitrogen functional groups attached to an aromatic ring is 1. The van der Waals surface area contributed by atoms with Crippen molar-refractivity contribution in [1.82, 2.24) is 9.78 Å². The third-order valence-corrected chi connectivity index (χ3v) is 3.05. The number of H-pyrrole nitrogens is 1. The molecule has 5 heteroatoms. The predicted octanol–water partition coefficient (Wildman–Crippen LogP) is 1.54. The van der Waals surface area contributed by atoms with Gasteiger partial charge < -0.3 is 10.5 Å². The van der Waals surface area contributed by atoms with E-state index in [4.69, 9.17) is 10.5 Å². The minimum Gasteiger partial charge on any atom is -0.393 e. The summed E-state index contributed by atoms with van der Waals surface area (Å²) in [5.41, 5.74) is 7.73. The first-order valence-electron chi connectivity index (χ1n) is 6.32. The Morgan fingerprint density at radius 2 is 2.05 bits per heavy atom. The van der Waals surface area contributed by atoms with Gasteiger partial charge in [0.2, 0.25) is 0 Å². The van der Waals surface area contributed by atoms with Gasteiger partial charge in [0, 0.05) is 13.7 Å². The molecule has 0 saturated carbocycles. The van der Waals surface area contributed by atoms with Crippen LogP contribution in [0.15, 0.2) is 35.1 Å². The Bertz CT molecular complexity index is 572. The molecule has 0 aliphatic heterocycles. The first-order valence-corrected chi connectivity index (χ1v) is 6.32. The fourth-order valence-electron chi connectivity index (χ4n) is 2.05. The van der Waals surface area contributed by atoms with Crippen LogP contribution in [0.4, 0.5) is 5.69 Å². The van der Waals surface area contributed by atoms with Crippen molar-refractivity contribution in [3.05, 3.63) is 51.9 Å². The Labute approximate surface area is 112 Å². The van der Waals surface area contributed by atoms with E-state index in [-0.39, 0.29) is 11.2 Å². The van der Waals surface area contributed by atoms with Crippen molar-refractivity contribution < 1.29 is 4.74 Å². The van der Waals surface area contributed by atoms with Crippen LogP contribution in [0.3, 0.4) is 0 Å². The summed E-state index contributed by atoms with van der Waals surface area (Å²) in [6.45, 7) is 0.953. The van der Waals surface area contributed by atoms with E-state index in [0.29, 0.717) is 18.8 Å². The van der Waals surface area contributed by atoms with Crippen LogP contribution in [0.2, 0.25) is 0 Å². The molecule has 2 aromatic rings. The Morgan fingerprint density at radius 3 is 2.74 bits per heavy atom. The standard InChI is InChI=1S/C14H19N3O2/c1-19-10-12-13(15)14(18)17(16-12)9-5-8-11-6-3-2-4-7-11/h2-4,6-7,16H,5,8-10,15H2,1H3. The average molecular weight is 261 g/mol. The molecule has 0 amide bonds. The van der Waals surface area contributed by atoms with E-state index < -0.39 is 0 Å². The van der Waals surface area contributed by atoms with E-state index in [1.807, 2.05) is 18.2 Å². The molecule has 0 saturated heterocycles. The molecular weight excluding hydrogens is 242 g/mol. The van der Waals surface area contributed by atoms with Crippen molar-refractivity contribution in [1.29, 1.82) is 0 Å². The highest BCUT2D eigenvalue weighted by Gasteiger charge is 2.10. The molecule has 0 unspecified atom stereocenters. The number of ether oxygens (including phenoxy) is 1. The Hall–Kier alpha value is -2.01. The highest BCUT2D eigenvalue weighted by molar-refractivity contribution is 5.40. The molecule has 0 atom stereocenters. The monoisotopic (exact) mass is 261 g/mol. The SMILES string of the molecule is COCc1[nH]n(CCCc2ccccc2)c(=O)c1N. The summed E-state index contributed by atoms with van der Waals surface area (Å²) < 4.78 is 6.54. The number of benzene rings is 1. The zero-order chi connectivity index (χ0) is 13.7. The van der Waals surface area contributed by atoms with Crippen molar-refractivity contribution in [3.8, 4) is 0 Å². The van der Waals surface area contributed by atoms with Crippen LogP contribution in [-0.2, 0) is 24.3 Å². The van der Waals surface area contributed by atoms with Crippen LogP contribution in [0, 0.1) is 0 Å². The smallest absolute Gasteiger partial charge is 0.290 e. The van der Waals surface area contributed by atoms with Crippen molar-refractivity contribution in [3.63, 3.8) is 0 Å². The minimum atomic E-state index is -0.167. The second-order valence-corrected chi connectivity index (χ2v) is 4.48. The fourth-order valence-corrected chi connectivity index (χ4v) is 2.05. The molecule has 1 heterocycles. The van der Waals surface area contributed by atoms with E-state index >= 15 is 0 Å². The molecule has 3 N–H and O–H groups in total. The van der Waals surface area contributed by atoms with Crippen LogP contribution < -0.4 is 11.3 Å². The quantitative estimate of drug-likeness (QED) is 0.828. The van der Waals surface area contributed by atoms with Gasteiger partial charge in [-0.25, -0.2) is 0 Å². The van der Waals surface area contributed by atoms with Crippen molar-refractivity contribution >= 4 is 5.69 Å². The van der Waals surface area contributed by atoms with Crippen molar-refractivity contribution in [2.24, 2.45) is 0 Å². The van der Waals surface area contributed by atoms with Gasteiger partial charge in [-0.15, -0.1) is 0 Å². The van der Waals surface area contributed by atoms with E-state index in [9.17, 15) is 4.79 Å². The van der Waals surface area contributed by atoms with Crippen molar-refractivity contribution in [2.75, 3.05) is 12.8 Å². The largest absolute Gasteiger partial charge is 0.393 e. The number of nitrogens with one attached hydrogen (secondary N) is 1. The number of aromatic nitrogens is 2. The summed E-state index contributed by atoms with van der Waals surface area (Å²) in [4.78, 5) is 11.9. The van der Waals surface area contributed by atoms with E-state index in [0.717, 1.165) is 12.8 Å². The third kappa shape index (κ3) is 3.26. The van der Waals surface area contributed by atoms with E-state index in [1.165, 1.54) is 5.56 Å². The molecule has 0 bridgehead atoms. The summed E-state index contributed by atoms with van der Waals surface area (Å²) in [5.74, 6) is 0. The zero-order valence-electron chi connectivity index (χ0n) is 11.1. The predicted molar refractivity (Wildman–Crippen MR) is 74.9 cm³/mol. The summed E-state index contributed by atoms with van der Waals surface area (Å²) in [7, 11) is 1.57. The number of methoxy groups -OCH3 is 1. The molecule has 5 nitrogen and oxygen atoms in total. The molecule has 1 aromatic heterocycles. The van der Waals surface area contributed by atoms with Crippen LogP contribution in [0.25, 0.3) is 0 Å². The highest BCUT2D eigenvalue weighted by atomic mass is 16.5. The normalized spacial score (nSPS) is 10.8. The number of rotatable bonds is 6. The summed E-state index contributed by atoms with van der Waals surface area (Å²) in [6.07, 6.45) is 1.82. The summed E-state index contributed by atoms with van der Waals surface area (Å²) >= 11 is 0. The maximum atomic E-state index is 11.9. The first kappa shape index (κ1) is 13.4.